The molecule has 0 radical (unpaired) electrons. The third-order valence-electron chi connectivity index (χ3n) is 5.49. The Morgan fingerprint density at radius 3 is 2.56 bits per heavy atom. The van der Waals surface area contributed by atoms with Gasteiger partial charge in [0.25, 0.3) is 11.8 Å². The molecule has 0 aliphatic carbocycles. The normalized spacial score (nSPS) is 13.8. The highest BCUT2D eigenvalue weighted by Crippen LogP contribution is 2.30. The van der Waals surface area contributed by atoms with E-state index in [2.05, 4.69) is 10.4 Å². The number of nitrogens with one attached hydrogen (secondary N) is 1. The number of hydrogen-bond donors (Lipinski definition) is 1. The number of hydrogen-bond acceptors (Lipinski definition) is 3. The first-order valence-corrected chi connectivity index (χ1v) is 10.0. The second-order valence-electron chi connectivity index (χ2n) is 7.82. The number of amides is 2. The summed E-state index contributed by atoms with van der Waals surface area (Å²) in [5.74, 6) is -0.821. The summed E-state index contributed by atoms with van der Waals surface area (Å²) in [5.41, 5.74) is 2.73. The van der Waals surface area contributed by atoms with Crippen LogP contribution in [0.2, 0.25) is 0 Å². The number of halogens is 3. The van der Waals surface area contributed by atoms with Crippen molar-refractivity contribution in [3.63, 3.8) is 0 Å². The first-order chi connectivity index (χ1) is 15.1. The molecule has 0 fully saturated rings. The van der Waals surface area contributed by atoms with Crippen LogP contribution in [0.5, 0.6) is 0 Å². The van der Waals surface area contributed by atoms with E-state index in [1.54, 1.807) is 12.1 Å². The van der Waals surface area contributed by atoms with Gasteiger partial charge in [-0.3, -0.25) is 14.3 Å². The van der Waals surface area contributed by atoms with Crippen LogP contribution < -0.4 is 5.32 Å². The monoisotopic (exact) mass is 442 g/mol. The molecule has 0 saturated heterocycles. The number of carbonyl (C=O) groups excluding carboxylic acids is 2. The minimum atomic E-state index is -4.45. The van der Waals surface area contributed by atoms with Crippen LogP contribution in [0, 0.1) is 13.8 Å². The van der Waals surface area contributed by atoms with Crippen LogP contribution >= 0.6 is 0 Å². The molecule has 0 saturated carbocycles. The average Bonchev–Trinajstić information content (AvgIpc) is 3.18. The third-order valence-corrected chi connectivity index (χ3v) is 5.49. The lowest BCUT2D eigenvalue weighted by Crippen LogP contribution is -2.39. The molecule has 3 aromatic rings. The maximum atomic E-state index is 13.0. The van der Waals surface area contributed by atoms with Crippen molar-refractivity contribution in [1.29, 1.82) is 0 Å². The Hall–Kier alpha value is -3.62. The highest BCUT2D eigenvalue weighted by Gasteiger charge is 2.31. The summed E-state index contributed by atoms with van der Waals surface area (Å²) >= 11 is 0. The fourth-order valence-corrected chi connectivity index (χ4v) is 3.58. The fourth-order valence-electron chi connectivity index (χ4n) is 3.58. The first-order valence-electron chi connectivity index (χ1n) is 10.0. The number of aromatic nitrogens is 2. The number of aryl methyl sites for hydroxylation is 2. The minimum absolute atomic E-state index is 0.0398. The topological polar surface area (TPSA) is 67.2 Å². The van der Waals surface area contributed by atoms with Crippen LogP contribution in [0.4, 0.5) is 18.9 Å². The zero-order chi connectivity index (χ0) is 23.0. The highest BCUT2D eigenvalue weighted by molar-refractivity contribution is 6.04. The maximum absolute atomic E-state index is 13.0. The molecule has 0 unspecified atom stereocenters. The third kappa shape index (κ3) is 4.37. The standard InChI is InChI=1S/C23H21F3N4O2/c1-14-6-7-18(10-15(14)2)27-21(31)19-12-20-22(32)29(8-9-30(20)28-19)13-16-4-3-5-17(11-16)23(24,25)26/h3-7,10-12H,8-9,13H2,1-2H3,(H,27,31). The molecule has 1 aliphatic heterocycles. The molecule has 0 spiro atoms. The van der Waals surface area contributed by atoms with Gasteiger partial charge < -0.3 is 10.2 Å². The Morgan fingerprint density at radius 2 is 1.84 bits per heavy atom. The van der Waals surface area contributed by atoms with Gasteiger partial charge in [-0.15, -0.1) is 0 Å². The lowest BCUT2D eigenvalue weighted by Gasteiger charge is -2.27. The summed E-state index contributed by atoms with van der Waals surface area (Å²) in [6, 6.07) is 11.9. The molecule has 9 heteroatoms. The van der Waals surface area contributed by atoms with Crippen LogP contribution in [0.3, 0.4) is 0 Å². The van der Waals surface area contributed by atoms with Gasteiger partial charge in [0.15, 0.2) is 5.69 Å². The van der Waals surface area contributed by atoms with Gasteiger partial charge in [0.05, 0.1) is 12.1 Å². The Morgan fingerprint density at radius 1 is 1.06 bits per heavy atom. The summed E-state index contributed by atoms with van der Waals surface area (Å²) in [4.78, 5) is 27.0. The van der Waals surface area contributed by atoms with E-state index >= 15 is 0 Å². The Labute approximate surface area is 182 Å². The number of alkyl halides is 3. The maximum Gasteiger partial charge on any atom is 0.416 e. The van der Waals surface area contributed by atoms with Crippen LogP contribution in [0.15, 0.2) is 48.5 Å². The van der Waals surface area contributed by atoms with Crippen molar-refractivity contribution in [2.24, 2.45) is 0 Å². The molecule has 1 aliphatic rings. The Balaban J connectivity index is 1.49. The molecule has 2 amide bonds. The zero-order valence-electron chi connectivity index (χ0n) is 17.5. The van der Waals surface area contributed by atoms with E-state index in [0.29, 0.717) is 17.8 Å². The Bertz CT molecular complexity index is 1200. The average molecular weight is 442 g/mol. The number of nitrogens with zero attached hydrogens (tertiary/aromatic N) is 3. The predicted octanol–water partition coefficient (Wildman–Crippen LogP) is 4.43. The smallest absolute Gasteiger partial charge is 0.331 e. The van der Waals surface area contributed by atoms with Crippen LogP contribution in [-0.4, -0.2) is 33.0 Å². The van der Waals surface area contributed by atoms with E-state index < -0.39 is 17.6 Å². The second-order valence-corrected chi connectivity index (χ2v) is 7.82. The molecule has 4 rings (SSSR count). The lowest BCUT2D eigenvalue weighted by atomic mass is 10.1. The van der Waals surface area contributed by atoms with Crippen LogP contribution in [-0.2, 0) is 19.3 Å². The highest BCUT2D eigenvalue weighted by atomic mass is 19.4. The summed E-state index contributed by atoms with van der Waals surface area (Å²) < 4.78 is 40.4. The number of anilines is 1. The Kier molecular flexibility index (Phi) is 5.50. The summed E-state index contributed by atoms with van der Waals surface area (Å²) in [6.07, 6.45) is -4.45. The molecule has 166 valence electrons. The lowest BCUT2D eigenvalue weighted by molar-refractivity contribution is -0.137. The van der Waals surface area contributed by atoms with Gasteiger partial charge >= 0.3 is 6.18 Å². The van der Waals surface area contributed by atoms with Gasteiger partial charge in [-0.1, -0.05) is 18.2 Å². The molecule has 2 heterocycles. The SMILES string of the molecule is Cc1ccc(NC(=O)c2cc3n(n2)CCN(Cc2cccc(C(F)(F)F)c2)C3=O)cc1C. The molecule has 0 bridgehead atoms. The molecular formula is C23H21F3N4O2. The van der Waals surface area contributed by atoms with E-state index in [9.17, 15) is 22.8 Å². The van der Waals surface area contributed by atoms with E-state index in [0.717, 1.165) is 23.3 Å². The molecular weight excluding hydrogens is 421 g/mol. The number of fused-ring (bicyclic) bond motifs is 1. The summed E-state index contributed by atoms with van der Waals surface area (Å²) in [7, 11) is 0. The number of rotatable bonds is 4. The summed E-state index contributed by atoms with van der Waals surface area (Å²) in [5, 5.41) is 7.01. The zero-order valence-corrected chi connectivity index (χ0v) is 17.5. The fraction of sp³-hybridized carbons (Fsp3) is 0.261. The molecule has 0 atom stereocenters. The molecule has 32 heavy (non-hydrogen) atoms. The molecule has 1 N–H and O–H groups in total. The van der Waals surface area contributed by atoms with Gasteiger partial charge in [-0.05, 0) is 54.8 Å². The minimum Gasteiger partial charge on any atom is -0.331 e. The van der Waals surface area contributed by atoms with Crippen molar-refractivity contribution < 1.29 is 22.8 Å². The molecule has 1 aromatic heterocycles. The number of carbonyl (C=O) groups is 2. The van der Waals surface area contributed by atoms with Crippen molar-refractivity contribution in [2.45, 2.75) is 33.1 Å². The van der Waals surface area contributed by atoms with Crippen molar-refractivity contribution in [2.75, 3.05) is 11.9 Å². The number of benzene rings is 2. The second kappa shape index (κ2) is 8.14. The van der Waals surface area contributed by atoms with Gasteiger partial charge in [0, 0.05) is 24.8 Å². The van der Waals surface area contributed by atoms with Gasteiger partial charge in [0.1, 0.15) is 5.69 Å². The van der Waals surface area contributed by atoms with Crippen LogP contribution in [0.1, 0.15) is 43.2 Å². The van der Waals surface area contributed by atoms with Gasteiger partial charge in [0.2, 0.25) is 0 Å². The van der Waals surface area contributed by atoms with Crippen molar-refractivity contribution in [3.8, 4) is 0 Å². The van der Waals surface area contributed by atoms with Gasteiger partial charge in [-0.25, -0.2) is 0 Å². The predicted molar refractivity (Wildman–Crippen MR) is 112 cm³/mol. The molecule has 6 nitrogen and oxygen atoms in total. The van der Waals surface area contributed by atoms with E-state index in [4.69, 9.17) is 0 Å². The molecule has 2 aromatic carbocycles. The summed E-state index contributed by atoms with van der Waals surface area (Å²) in [6.45, 7) is 4.58. The van der Waals surface area contributed by atoms with E-state index in [-0.39, 0.29) is 30.4 Å². The van der Waals surface area contributed by atoms with Crippen molar-refractivity contribution in [1.82, 2.24) is 14.7 Å². The van der Waals surface area contributed by atoms with Crippen molar-refractivity contribution in [3.05, 3.63) is 82.2 Å². The van der Waals surface area contributed by atoms with Crippen LogP contribution in [0.25, 0.3) is 0 Å². The first kappa shape index (κ1) is 21.6. The largest absolute Gasteiger partial charge is 0.416 e. The van der Waals surface area contributed by atoms with Crippen molar-refractivity contribution >= 4 is 17.5 Å². The van der Waals surface area contributed by atoms with E-state index in [1.807, 2.05) is 26.0 Å². The quantitative estimate of drug-likeness (QED) is 0.650. The van der Waals surface area contributed by atoms with E-state index in [1.165, 1.54) is 21.7 Å². The van der Waals surface area contributed by atoms with Gasteiger partial charge in [-0.2, -0.15) is 18.3 Å².